The smallest absolute Gasteiger partial charge is 0.312 e. The minimum atomic E-state index is -1.00. The summed E-state index contributed by atoms with van der Waals surface area (Å²) in [5.74, 6) is -0.480. The van der Waals surface area contributed by atoms with Crippen molar-refractivity contribution in [3.05, 3.63) is 46.6 Å². The molecule has 2 aromatic rings. The molecule has 2 rings (SSSR count). The Kier molecular flexibility index (Phi) is 3.39. The molecule has 0 atom stereocenters. The van der Waals surface area contributed by atoms with Crippen molar-refractivity contribution in [2.24, 2.45) is 0 Å². The standard InChI is InChI=1S/C11H9ClN2O3/c12-8-4-2-1-3-7(8)5-9-13-10(17-14-9)6-11(15)16/h1-4H,5-6H2,(H,15,16). The van der Waals surface area contributed by atoms with E-state index in [4.69, 9.17) is 21.2 Å². The van der Waals surface area contributed by atoms with E-state index in [1.807, 2.05) is 18.2 Å². The lowest BCUT2D eigenvalue weighted by Crippen LogP contribution is -2.00. The zero-order valence-electron chi connectivity index (χ0n) is 8.76. The van der Waals surface area contributed by atoms with E-state index < -0.39 is 5.97 Å². The molecule has 0 aliphatic rings. The first-order chi connectivity index (χ1) is 8.15. The fourth-order valence-electron chi connectivity index (χ4n) is 1.38. The van der Waals surface area contributed by atoms with Crippen molar-refractivity contribution < 1.29 is 14.4 Å². The number of hydrogen-bond donors (Lipinski definition) is 1. The van der Waals surface area contributed by atoms with E-state index in [1.54, 1.807) is 6.07 Å². The second-order valence-corrected chi connectivity index (χ2v) is 3.85. The quantitative estimate of drug-likeness (QED) is 0.900. The molecule has 1 aromatic heterocycles. The lowest BCUT2D eigenvalue weighted by molar-refractivity contribution is -0.136. The van der Waals surface area contributed by atoms with Crippen LogP contribution in [0.15, 0.2) is 28.8 Å². The van der Waals surface area contributed by atoms with Gasteiger partial charge in [0.2, 0.25) is 5.89 Å². The Bertz CT molecular complexity index is 539. The van der Waals surface area contributed by atoms with Crippen molar-refractivity contribution >= 4 is 17.6 Å². The van der Waals surface area contributed by atoms with Crippen LogP contribution in [0.4, 0.5) is 0 Å². The second kappa shape index (κ2) is 4.97. The summed E-state index contributed by atoms with van der Waals surface area (Å²) in [6.45, 7) is 0. The van der Waals surface area contributed by atoms with Crippen LogP contribution in [0.25, 0.3) is 0 Å². The number of benzene rings is 1. The molecule has 0 aliphatic carbocycles. The molecular formula is C11H9ClN2O3. The van der Waals surface area contributed by atoms with Crippen LogP contribution in [0.3, 0.4) is 0 Å². The normalized spacial score (nSPS) is 10.4. The SMILES string of the molecule is O=C(O)Cc1nc(Cc2ccccc2Cl)no1. The van der Waals surface area contributed by atoms with Crippen LogP contribution in [0, 0.1) is 0 Å². The third-order valence-electron chi connectivity index (χ3n) is 2.12. The number of hydrogen-bond acceptors (Lipinski definition) is 4. The van der Waals surface area contributed by atoms with Gasteiger partial charge < -0.3 is 9.63 Å². The largest absolute Gasteiger partial charge is 0.481 e. The summed E-state index contributed by atoms with van der Waals surface area (Å²) in [7, 11) is 0. The number of halogens is 1. The van der Waals surface area contributed by atoms with Crippen LogP contribution < -0.4 is 0 Å². The minimum absolute atomic E-state index is 0.0968. The van der Waals surface area contributed by atoms with E-state index >= 15 is 0 Å². The van der Waals surface area contributed by atoms with Gasteiger partial charge in [0.15, 0.2) is 5.82 Å². The Morgan fingerprint density at radius 3 is 2.88 bits per heavy atom. The van der Waals surface area contributed by atoms with Crippen molar-refractivity contribution in [2.75, 3.05) is 0 Å². The Morgan fingerprint density at radius 2 is 2.18 bits per heavy atom. The summed E-state index contributed by atoms with van der Waals surface area (Å²) < 4.78 is 4.80. The molecule has 88 valence electrons. The lowest BCUT2D eigenvalue weighted by atomic mass is 10.1. The predicted octanol–water partition coefficient (Wildman–Crippen LogP) is 1.94. The van der Waals surface area contributed by atoms with Crippen molar-refractivity contribution in [3.8, 4) is 0 Å². The molecule has 0 aliphatic heterocycles. The highest BCUT2D eigenvalue weighted by Gasteiger charge is 2.11. The van der Waals surface area contributed by atoms with Crippen LogP contribution in [0.1, 0.15) is 17.3 Å². The van der Waals surface area contributed by atoms with Crippen LogP contribution >= 0.6 is 11.6 Å². The van der Waals surface area contributed by atoms with Gasteiger partial charge in [0.1, 0.15) is 6.42 Å². The summed E-state index contributed by atoms with van der Waals surface area (Å²) >= 11 is 5.98. The molecule has 17 heavy (non-hydrogen) atoms. The molecule has 0 spiro atoms. The Balaban J connectivity index is 2.12. The van der Waals surface area contributed by atoms with Gasteiger partial charge in [-0.25, -0.2) is 0 Å². The van der Waals surface area contributed by atoms with Gasteiger partial charge in [-0.05, 0) is 11.6 Å². The van der Waals surface area contributed by atoms with Crippen molar-refractivity contribution in [2.45, 2.75) is 12.8 Å². The van der Waals surface area contributed by atoms with Crippen LogP contribution in [0.5, 0.6) is 0 Å². The van der Waals surface area contributed by atoms with E-state index in [9.17, 15) is 4.79 Å². The Hall–Kier alpha value is -1.88. The maximum absolute atomic E-state index is 10.4. The fraction of sp³-hybridized carbons (Fsp3) is 0.182. The van der Waals surface area contributed by atoms with Gasteiger partial charge >= 0.3 is 5.97 Å². The molecule has 0 fully saturated rings. The number of rotatable bonds is 4. The first-order valence-corrected chi connectivity index (χ1v) is 5.29. The molecule has 0 amide bonds. The van der Waals surface area contributed by atoms with E-state index in [0.29, 0.717) is 17.3 Å². The summed E-state index contributed by atoms with van der Waals surface area (Å²) in [5.41, 5.74) is 0.872. The van der Waals surface area contributed by atoms with Gasteiger partial charge in [-0.15, -0.1) is 0 Å². The molecule has 0 saturated heterocycles. The van der Waals surface area contributed by atoms with E-state index in [1.165, 1.54) is 0 Å². The molecule has 1 heterocycles. The van der Waals surface area contributed by atoms with Crippen LogP contribution in [-0.2, 0) is 17.6 Å². The first-order valence-electron chi connectivity index (χ1n) is 4.92. The number of carboxylic acid groups (broad SMARTS) is 1. The number of aliphatic carboxylic acids is 1. The van der Waals surface area contributed by atoms with E-state index in [2.05, 4.69) is 10.1 Å². The van der Waals surface area contributed by atoms with Crippen LogP contribution in [0.2, 0.25) is 5.02 Å². The van der Waals surface area contributed by atoms with Gasteiger partial charge in [-0.1, -0.05) is 35.0 Å². The topological polar surface area (TPSA) is 76.2 Å². The third-order valence-corrected chi connectivity index (χ3v) is 2.49. The van der Waals surface area contributed by atoms with Gasteiger partial charge in [0.05, 0.1) is 0 Å². The predicted molar refractivity (Wildman–Crippen MR) is 59.9 cm³/mol. The zero-order valence-corrected chi connectivity index (χ0v) is 9.52. The van der Waals surface area contributed by atoms with Gasteiger partial charge in [-0.3, -0.25) is 4.79 Å². The molecule has 5 nitrogen and oxygen atoms in total. The molecule has 1 N–H and O–H groups in total. The second-order valence-electron chi connectivity index (χ2n) is 3.44. The van der Waals surface area contributed by atoms with E-state index in [0.717, 1.165) is 5.56 Å². The fourth-order valence-corrected chi connectivity index (χ4v) is 1.58. The summed E-state index contributed by atoms with van der Waals surface area (Å²) in [6, 6.07) is 7.32. The average Bonchev–Trinajstić information content (AvgIpc) is 2.68. The Labute approximate surface area is 102 Å². The number of carboxylic acids is 1. The van der Waals surface area contributed by atoms with Gasteiger partial charge in [-0.2, -0.15) is 4.98 Å². The summed E-state index contributed by atoms with van der Waals surface area (Å²) in [5, 5.41) is 12.9. The number of nitrogens with zero attached hydrogens (tertiary/aromatic N) is 2. The summed E-state index contributed by atoms with van der Waals surface area (Å²) in [4.78, 5) is 14.4. The van der Waals surface area contributed by atoms with Crippen molar-refractivity contribution in [1.82, 2.24) is 10.1 Å². The van der Waals surface area contributed by atoms with Crippen LogP contribution in [-0.4, -0.2) is 21.2 Å². The summed E-state index contributed by atoms with van der Waals surface area (Å²) in [6.07, 6.45) is 0.151. The molecule has 1 aromatic carbocycles. The average molecular weight is 253 g/mol. The third kappa shape index (κ3) is 3.04. The maximum Gasteiger partial charge on any atom is 0.312 e. The highest BCUT2D eigenvalue weighted by Crippen LogP contribution is 2.17. The number of aromatic nitrogens is 2. The molecule has 0 saturated carbocycles. The van der Waals surface area contributed by atoms with Crippen molar-refractivity contribution in [3.63, 3.8) is 0 Å². The molecule has 6 heteroatoms. The van der Waals surface area contributed by atoms with Gasteiger partial charge in [0.25, 0.3) is 0 Å². The highest BCUT2D eigenvalue weighted by molar-refractivity contribution is 6.31. The number of carbonyl (C=O) groups is 1. The first kappa shape index (κ1) is 11.6. The maximum atomic E-state index is 10.4. The molecule has 0 bridgehead atoms. The minimum Gasteiger partial charge on any atom is -0.481 e. The van der Waals surface area contributed by atoms with Crippen molar-refractivity contribution in [1.29, 1.82) is 0 Å². The monoisotopic (exact) mass is 252 g/mol. The van der Waals surface area contributed by atoms with E-state index in [-0.39, 0.29) is 12.3 Å². The zero-order chi connectivity index (χ0) is 12.3. The van der Waals surface area contributed by atoms with Gasteiger partial charge in [0, 0.05) is 11.4 Å². The molecule has 0 radical (unpaired) electrons. The Morgan fingerprint density at radius 1 is 1.41 bits per heavy atom. The molecule has 0 unspecified atom stereocenters. The molecular weight excluding hydrogens is 244 g/mol. The highest BCUT2D eigenvalue weighted by atomic mass is 35.5. The lowest BCUT2D eigenvalue weighted by Gasteiger charge is -1.98.